The van der Waals surface area contributed by atoms with Crippen LogP contribution in [0.25, 0.3) is 133 Å². The Labute approximate surface area is 628 Å². The van der Waals surface area contributed by atoms with E-state index >= 15 is 0 Å². The monoisotopic (exact) mass is 1370 g/mol. The normalized spacial score (nSPS) is 13.4. The highest BCUT2D eigenvalue weighted by Crippen LogP contribution is 2.64. The van der Waals surface area contributed by atoms with Crippen molar-refractivity contribution < 1.29 is 0 Å². The molecule has 15 aromatic rings. The molecule has 2 nitrogen and oxygen atoms in total. The first-order chi connectivity index (χ1) is 51.8. The zero-order valence-corrected chi connectivity index (χ0v) is 62.8. The van der Waals surface area contributed by atoms with E-state index in [0.717, 1.165) is 28.1 Å². The molecule has 3 aliphatic rings. The van der Waals surface area contributed by atoms with Gasteiger partial charge in [-0.2, -0.15) is 0 Å². The molecule has 0 saturated heterocycles. The summed E-state index contributed by atoms with van der Waals surface area (Å²) in [7, 11) is 0. The fourth-order valence-electron chi connectivity index (χ4n) is 18.4. The van der Waals surface area contributed by atoms with Crippen LogP contribution in [0, 0.1) is 0 Å². The van der Waals surface area contributed by atoms with Crippen molar-refractivity contribution in [3.05, 3.63) is 348 Å². The molecule has 1 spiro atoms. The van der Waals surface area contributed by atoms with Crippen LogP contribution in [-0.2, 0) is 21.7 Å². The molecular formula is C104H94N2. The number of aromatic nitrogens is 2. The molecule has 0 fully saturated rings. The van der Waals surface area contributed by atoms with Gasteiger partial charge in [0.05, 0.1) is 16.8 Å². The van der Waals surface area contributed by atoms with Crippen molar-refractivity contribution in [3.8, 4) is 100 Å². The van der Waals surface area contributed by atoms with Crippen LogP contribution in [0.1, 0.15) is 164 Å². The highest BCUT2D eigenvalue weighted by Gasteiger charge is 2.52. The predicted octanol–water partition coefficient (Wildman–Crippen LogP) is 28.8. The van der Waals surface area contributed by atoms with Gasteiger partial charge in [-0.15, -0.1) is 0 Å². The molecule has 0 bridgehead atoms. The predicted molar refractivity (Wildman–Crippen MR) is 451 cm³/mol. The number of rotatable bonds is 16. The Morgan fingerprint density at radius 3 is 1.29 bits per heavy atom. The van der Waals surface area contributed by atoms with E-state index in [2.05, 4.69) is 346 Å². The van der Waals surface area contributed by atoms with E-state index < -0.39 is 0 Å². The van der Waals surface area contributed by atoms with E-state index in [1.165, 1.54) is 208 Å². The van der Waals surface area contributed by atoms with Crippen molar-refractivity contribution in [1.82, 2.24) is 9.97 Å². The van der Waals surface area contributed by atoms with Crippen LogP contribution < -0.4 is 0 Å². The molecule has 0 unspecified atom stereocenters. The quantitative estimate of drug-likeness (QED) is 0.0712. The summed E-state index contributed by atoms with van der Waals surface area (Å²) < 4.78 is 0. The maximum atomic E-state index is 5.40. The highest BCUT2D eigenvalue weighted by molar-refractivity contribution is 6.33. The van der Waals surface area contributed by atoms with Crippen LogP contribution in [0.2, 0.25) is 0 Å². The number of benzene rings is 13. The standard InChI is InChI=1S/C60H55N.C44H39N/c1-3-5-7-21-37-60(38-22-8-6-4-2)54-32-20-19-29-48(54)49-35-33-44(39-55(49)60)45-34-36-56(61-41-45)53-40-52(42-23-11-9-12-24-42)58-50-30-17-15-27-46(50)47-28-16-18-31-51(47)59(58)57(53)43-25-13-10-14-26-43;1-42(2,3)31-19-22-35-36-23-20-32(43(4,5)6)27-40(36)44(39(35)26-31)37-12-8-7-11-33(37)34-21-18-30(25-38(34)44)28-14-16-29(17-15-28)41-13-9-10-24-45-41/h9-20,23-36,39-41H,3-8,21-22,37-38H2,1-2H3;7-27H,1-6H3. The average molecular weight is 1370 g/mol. The van der Waals surface area contributed by atoms with Crippen molar-refractivity contribution in [2.45, 2.75) is 141 Å². The lowest BCUT2D eigenvalue weighted by Gasteiger charge is -2.33. The molecule has 2 heterocycles. The first-order valence-electron chi connectivity index (χ1n) is 39.1. The van der Waals surface area contributed by atoms with Crippen molar-refractivity contribution in [3.63, 3.8) is 0 Å². The molecule has 106 heavy (non-hydrogen) atoms. The third kappa shape index (κ3) is 11.7. The SMILES string of the molecule is CC(C)(C)c1ccc2c(c1)C1(c3ccccc3-c3ccc(-c4ccc(-c5ccccn5)cc4)cc31)c1cc(C(C)(C)C)ccc1-2.CCCCCCC1(CCCCCC)c2ccccc2-c2ccc(-c3ccc(-c4cc(-c5ccccc5)c5c6ccccc6c6ccccc6c5c4-c4ccccc4)nc3)cc21. The second-order valence-electron chi connectivity index (χ2n) is 32.2. The van der Waals surface area contributed by atoms with Gasteiger partial charge in [-0.3, -0.25) is 9.97 Å². The van der Waals surface area contributed by atoms with Crippen LogP contribution in [0.3, 0.4) is 0 Å². The van der Waals surface area contributed by atoms with Crippen LogP contribution in [-0.4, -0.2) is 9.97 Å². The van der Waals surface area contributed by atoms with Gasteiger partial charge in [0.2, 0.25) is 0 Å². The van der Waals surface area contributed by atoms with Gasteiger partial charge in [0.25, 0.3) is 0 Å². The van der Waals surface area contributed by atoms with E-state index in [1.807, 2.05) is 18.3 Å². The van der Waals surface area contributed by atoms with Crippen LogP contribution >= 0.6 is 0 Å². The molecule has 520 valence electrons. The van der Waals surface area contributed by atoms with E-state index in [0.29, 0.717) is 0 Å². The van der Waals surface area contributed by atoms with Gasteiger partial charge in [0, 0.05) is 34.5 Å². The number of hydrogen-bond donors (Lipinski definition) is 0. The molecule has 18 rings (SSSR count). The first kappa shape index (κ1) is 68.1. The largest absolute Gasteiger partial charge is 0.256 e. The Kier molecular flexibility index (Phi) is 17.8. The molecule has 2 heteroatoms. The zero-order chi connectivity index (χ0) is 72.3. The number of pyridine rings is 2. The lowest BCUT2D eigenvalue weighted by molar-refractivity contribution is 0.401. The Morgan fingerprint density at radius 2 is 0.726 bits per heavy atom. The fourth-order valence-corrected chi connectivity index (χ4v) is 18.4. The summed E-state index contributed by atoms with van der Waals surface area (Å²) in [5, 5.41) is 7.64. The average Bonchev–Trinajstić information content (AvgIpc) is 1.49. The summed E-state index contributed by atoms with van der Waals surface area (Å²) in [5.41, 5.74) is 33.4. The molecule has 0 atom stereocenters. The van der Waals surface area contributed by atoms with Gasteiger partial charge >= 0.3 is 0 Å². The smallest absolute Gasteiger partial charge is 0.0725 e. The minimum atomic E-state index is -0.386. The molecule has 0 amide bonds. The maximum Gasteiger partial charge on any atom is 0.0725 e. The summed E-state index contributed by atoms with van der Waals surface area (Å²) >= 11 is 0. The molecule has 3 aliphatic carbocycles. The Hall–Kier alpha value is -11.1. The summed E-state index contributed by atoms with van der Waals surface area (Å²) in [6.07, 6.45) is 16.7. The van der Waals surface area contributed by atoms with E-state index in [-0.39, 0.29) is 21.7 Å². The Bertz CT molecular complexity index is 5710. The van der Waals surface area contributed by atoms with Gasteiger partial charge in [0.1, 0.15) is 0 Å². The van der Waals surface area contributed by atoms with Crippen molar-refractivity contribution >= 4 is 32.3 Å². The number of unbranched alkanes of at least 4 members (excludes halogenated alkanes) is 6. The zero-order valence-electron chi connectivity index (χ0n) is 62.8. The molecule has 13 aromatic carbocycles. The molecule has 0 N–H and O–H groups in total. The number of nitrogens with zero attached hydrogens (tertiary/aromatic N) is 2. The summed E-state index contributed by atoms with van der Waals surface area (Å²) in [4.78, 5) is 9.97. The van der Waals surface area contributed by atoms with Gasteiger partial charge in [-0.1, -0.05) is 362 Å². The molecular weight excluding hydrogens is 1280 g/mol. The van der Waals surface area contributed by atoms with Gasteiger partial charge in [-0.25, -0.2) is 0 Å². The second-order valence-corrected chi connectivity index (χ2v) is 32.2. The fraction of sp³-hybridized carbons (Fsp3) is 0.212. The van der Waals surface area contributed by atoms with Gasteiger partial charge in [0.15, 0.2) is 0 Å². The minimum absolute atomic E-state index is 0.0414. The Balaban J connectivity index is 0.000000163. The molecule has 0 aliphatic heterocycles. The van der Waals surface area contributed by atoms with Gasteiger partial charge < -0.3 is 0 Å². The summed E-state index contributed by atoms with van der Waals surface area (Å²) in [6, 6.07) is 109. The van der Waals surface area contributed by atoms with E-state index in [1.54, 1.807) is 5.56 Å². The number of hydrogen-bond acceptors (Lipinski definition) is 2. The van der Waals surface area contributed by atoms with Crippen molar-refractivity contribution in [1.29, 1.82) is 0 Å². The molecule has 0 radical (unpaired) electrons. The van der Waals surface area contributed by atoms with E-state index in [9.17, 15) is 0 Å². The minimum Gasteiger partial charge on any atom is -0.256 e. The van der Waals surface area contributed by atoms with Crippen LogP contribution in [0.4, 0.5) is 0 Å². The molecule has 0 saturated carbocycles. The first-order valence-corrected chi connectivity index (χ1v) is 39.1. The third-order valence-electron chi connectivity index (χ3n) is 23.8. The highest BCUT2D eigenvalue weighted by atomic mass is 14.7. The Morgan fingerprint density at radius 1 is 0.274 bits per heavy atom. The van der Waals surface area contributed by atoms with Crippen LogP contribution in [0.15, 0.2) is 304 Å². The van der Waals surface area contributed by atoms with Gasteiger partial charge in [-0.05, 0) is 209 Å². The van der Waals surface area contributed by atoms with Crippen molar-refractivity contribution in [2.24, 2.45) is 0 Å². The topological polar surface area (TPSA) is 25.8 Å². The lowest BCUT2D eigenvalue weighted by atomic mass is 9.68. The van der Waals surface area contributed by atoms with Crippen LogP contribution in [0.5, 0.6) is 0 Å². The second kappa shape index (κ2) is 27.8. The molecule has 2 aromatic heterocycles. The lowest BCUT2D eigenvalue weighted by Crippen LogP contribution is -2.27. The number of fused-ring (bicyclic) bond motifs is 19. The maximum absolute atomic E-state index is 5.40. The summed E-state index contributed by atoms with van der Waals surface area (Å²) in [5.74, 6) is 0. The van der Waals surface area contributed by atoms with E-state index in [4.69, 9.17) is 4.98 Å². The third-order valence-corrected chi connectivity index (χ3v) is 23.8. The summed E-state index contributed by atoms with van der Waals surface area (Å²) in [6.45, 7) is 18.6. The van der Waals surface area contributed by atoms with Crippen molar-refractivity contribution in [2.75, 3.05) is 0 Å².